The summed E-state index contributed by atoms with van der Waals surface area (Å²) in [4.78, 5) is 40.5. The summed E-state index contributed by atoms with van der Waals surface area (Å²) < 4.78 is 11.0. The Balaban J connectivity index is 1.77. The summed E-state index contributed by atoms with van der Waals surface area (Å²) in [5.74, 6) is 0.224. The van der Waals surface area contributed by atoms with Crippen LogP contribution in [0.15, 0.2) is 53.3 Å². The predicted octanol–water partition coefficient (Wildman–Crippen LogP) is 2.26. The molecule has 1 N–H and O–H groups in total. The van der Waals surface area contributed by atoms with Crippen LogP contribution in [0.25, 0.3) is 0 Å². The normalized spacial score (nSPS) is 10.3. The number of nitrogens with zero attached hydrogens (tertiary/aromatic N) is 2. The maximum absolute atomic E-state index is 12.5. The highest BCUT2D eigenvalue weighted by molar-refractivity contribution is 7.11. The van der Waals surface area contributed by atoms with Gasteiger partial charge in [0.05, 0.1) is 14.2 Å². The molecule has 8 nitrogen and oxygen atoms in total. The van der Waals surface area contributed by atoms with E-state index in [2.05, 4.69) is 10.3 Å². The van der Waals surface area contributed by atoms with Crippen molar-refractivity contribution in [1.29, 1.82) is 0 Å². The fraction of sp³-hybridized carbons (Fsp3) is 0.111. The lowest BCUT2D eigenvalue weighted by Crippen LogP contribution is -2.23. The molecule has 0 spiro atoms. The maximum atomic E-state index is 12.5. The fourth-order valence-corrected chi connectivity index (χ4v) is 2.96. The minimum atomic E-state index is -0.758. The van der Waals surface area contributed by atoms with E-state index in [1.807, 2.05) is 0 Å². The highest BCUT2D eigenvalue weighted by atomic mass is 32.1. The van der Waals surface area contributed by atoms with Crippen LogP contribution in [0.1, 0.15) is 20.7 Å². The van der Waals surface area contributed by atoms with Crippen molar-refractivity contribution in [2.75, 3.05) is 19.5 Å². The van der Waals surface area contributed by atoms with E-state index in [-0.39, 0.29) is 5.13 Å². The van der Waals surface area contributed by atoms with E-state index in [1.54, 1.807) is 48.5 Å². The number of aromatic nitrogens is 2. The number of ether oxygens (including phenoxy) is 2. The monoisotopic (exact) mass is 385 g/mol. The van der Waals surface area contributed by atoms with Crippen LogP contribution in [0, 0.1) is 0 Å². The molecule has 1 aromatic heterocycles. The lowest BCUT2D eigenvalue weighted by atomic mass is 10.2. The highest BCUT2D eigenvalue weighted by Crippen LogP contribution is 2.17. The summed E-state index contributed by atoms with van der Waals surface area (Å²) in [5.41, 5.74) is -0.0908. The SMILES string of the molecule is COc1ccc(C(=O)Nc2nc(=O)n(C(=O)c3ccc(OC)cc3)s2)cc1. The van der Waals surface area contributed by atoms with Gasteiger partial charge in [0.25, 0.3) is 11.8 Å². The van der Waals surface area contributed by atoms with Crippen LogP contribution in [-0.4, -0.2) is 35.0 Å². The van der Waals surface area contributed by atoms with E-state index in [9.17, 15) is 14.4 Å². The van der Waals surface area contributed by atoms with Crippen molar-refractivity contribution in [3.63, 3.8) is 0 Å². The Morgan fingerprint density at radius 2 is 1.44 bits per heavy atom. The molecule has 3 rings (SSSR count). The molecule has 0 fully saturated rings. The van der Waals surface area contributed by atoms with E-state index >= 15 is 0 Å². The number of methoxy groups -OCH3 is 2. The molecule has 9 heteroatoms. The molecule has 3 aromatic rings. The van der Waals surface area contributed by atoms with Gasteiger partial charge in [-0.2, -0.15) is 8.94 Å². The second kappa shape index (κ2) is 7.83. The lowest BCUT2D eigenvalue weighted by molar-refractivity contribution is 0.0966. The predicted molar refractivity (Wildman–Crippen MR) is 100 cm³/mol. The van der Waals surface area contributed by atoms with E-state index in [0.717, 1.165) is 15.5 Å². The second-order valence-corrected chi connectivity index (χ2v) is 6.24. The largest absolute Gasteiger partial charge is 0.497 e. The molecule has 27 heavy (non-hydrogen) atoms. The van der Waals surface area contributed by atoms with Gasteiger partial charge in [-0.25, -0.2) is 4.79 Å². The van der Waals surface area contributed by atoms with Gasteiger partial charge in [-0.1, -0.05) is 0 Å². The number of anilines is 1. The molecule has 0 aliphatic heterocycles. The molecule has 2 aromatic carbocycles. The lowest BCUT2D eigenvalue weighted by Gasteiger charge is -2.03. The van der Waals surface area contributed by atoms with Crippen LogP contribution >= 0.6 is 11.5 Å². The van der Waals surface area contributed by atoms with Gasteiger partial charge >= 0.3 is 5.69 Å². The minimum absolute atomic E-state index is 0.0303. The van der Waals surface area contributed by atoms with Gasteiger partial charge in [0.1, 0.15) is 11.5 Å². The third kappa shape index (κ3) is 4.04. The summed E-state index contributed by atoms with van der Waals surface area (Å²) in [6.07, 6.45) is 0. The van der Waals surface area contributed by atoms with E-state index in [0.29, 0.717) is 22.6 Å². The Hall–Kier alpha value is -3.46. The molecule has 1 amide bonds. The first kappa shape index (κ1) is 18.3. The summed E-state index contributed by atoms with van der Waals surface area (Å²) in [6, 6.07) is 12.8. The van der Waals surface area contributed by atoms with Crippen molar-refractivity contribution < 1.29 is 19.1 Å². The van der Waals surface area contributed by atoms with Crippen LogP contribution in [0.2, 0.25) is 0 Å². The third-order valence-electron chi connectivity index (χ3n) is 3.64. The zero-order valence-electron chi connectivity index (χ0n) is 14.5. The van der Waals surface area contributed by atoms with E-state index in [1.165, 1.54) is 14.2 Å². The van der Waals surface area contributed by atoms with Crippen molar-refractivity contribution in [1.82, 2.24) is 8.94 Å². The molecule has 138 valence electrons. The second-order valence-electron chi connectivity index (χ2n) is 5.30. The van der Waals surface area contributed by atoms with E-state index in [4.69, 9.17) is 9.47 Å². The van der Waals surface area contributed by atoms with Crippen molar-refractivity contribution in [2.45, 2.75) is 0 Å². The first-order valence-electron chi connectivity index (χ1n) is 7.76. The molecule has 0 unspecified atom stereocenters. The molecule has 0 saturated heterocycles. The number of carbonyl (C=O) groups excluding carboxylic acids is 2. The van der Waals surface area contributed by atoms with Crippen LogP contribution in [0.3, 0.4) is 0 Å². The Labute approximate surface area is 158 Å². The van der Waals surface area contributed by atoms with Crippen molar-refractivity contribution in [3.05, 3.63) is 70.1 Å². The fourth-order valence-electron chi connectivity index (χ4n) is 2.22. The van der Waals surface area contributed by atoms with Gasteiger partial charge in [-0.3, -0.25) is 14.9 Å². The van der Waals surface area contributed by atoms with Gasteiger partial charge in [0.15, 0.2) is 0 Å². The number of hydrogen-bond donors (Lipinski definition) is 1. The Morgan fingerprint density at radius 1 is 0.926 bits per heavy atom. The number of hydrogen-bond acceptors (Lipinski definition) is 7. The number of amides is 1. The van der Waals surface area contributed by atoms with Crippen LogP contribution in [-0.2, 0) is 0 Å². The summed E-state index contributed by atoms with van der Waals surface area (Å²) in [6.45, 7) is 0. The van der Waals surface area contributed by atoms with Crippen LogP contribution in [0.4, 0.5) is 5.13 Å². The van der Waals surface area contributed by atoms with Gasteiger partial charge in [0.2, 0.25) is 5.13 Å². The summed E-state index contributed by atoms with van der Waals surface area (Å²) >= 11 is 0.759. The number of carbonyl (C=O) groups is 2. The van der Waals surface area contributed by atoms with Crippen LogP contribution < -0.4 is 20.5 Å². The van der Waals surface area contributed by atoms with Crippen molar-refractivity contribution in [2.24, 2.45) is 0 Å². The molecule has 0 bridgehead atoms. The van der Waals surface area contributed by atoms with Crippen molar-refractivity contribution >= 4 is 28.5 Å². The molecule has 1 heterocycles. The molecular formula is C18H15N3O5S. The van der Waals surface area contributed by atoms with Gasteiger partial charge in [-0.05, 0) is 60.1 Å². The van der Waals surface area contributed by atoms with Crippen molar-refractivity contribution in [3.8, 4) is 11.5 Å². The highest BCUT2D eigenvalue weighted by Gasteiger charge is 2.17. The average molecular weight is 385 g/mol. The molecule has 0 aliphatic carbocycles. The Kier molecular flexibility index (Phi) is 5.32. The third-order valence-corrected chi connectivity index (χ3v) is 4.51. The van der Waals surface area contributed by atoms with Gasteiger partial charge in [-0.15, -0.1) is 0 Å². The average Bonchev–Trinajstić information content (AvgIpc) is 3.07. The molecular weight excluding hydrogens is 370 g/mol. The zero-order chi connectivity index (χ0) is 19.4. The smallest absolute Gasteiger partial charge is 0.367 e. The van der Waals surface area contributed by atoms with Gasteiger partial charge in [0, 0.05) is 11.1 Å². The van der Waals surface area contributed by atoms with E-state index < -0.39 is 17.5 Å². The molecule has 0 radical (unpaired) electrons. The molecule has 0 atom stereocenters. The zero-order valence-corrected chi connectivity index (χ0v) is 15.3. The summed E-state index contributed by atoms with van der Waals surface area (Å²) in [5, 5.41) is 2.55. The topological polar surface area (TPSA) is 99.5 Å². The first-order chi connectivity index (χ1) is 13.0. The maximum Gasteiger partial charge on any atom is 0.367 e. The summed E-state index contributed by atoms with van der Waals surface area (Å²) in [7, 11) is 3.04. The Bertz CT molecular complexity index is 1020. The quantitative estimate of drug-likeness (QED) is 0.723. The number of benzene rings is 2. The standard InChI is InChI=1S/C18H15N3O5S/c1-25-13-7-3-11(4-8-13)15(22)19-17-20-18(24)21(27-17)16(23)12-5-9-14(26-2)10-6-12/h3-10H,1-2H3,(H,19,20,22,24). The molecule has 0 aliphatic rings. The Morgan fingerprint density at radius 3 is 1.96 bits per heavy atom. The first-order valence-corrected chi connectivity index (χ1v) is 8.53. The molecule has 0 saturated carbocycles. The van der Waals surface area contributed by atoms with Gasteiger partial charge < -0.3 is 9.47 Å². The number of rotatable bonds is 5. The minimum Gasteiger partial charge on any atom is -0.497 e. The number of nitrogens with one attached hydrogen (secondary N) is 1. The van der Waals surface area contributed by atoms with Crippen LogP contribution in [0.5, 0.6) is 11.5 Å².